The van der Waals surface area contributed by atoms with Gasteiger partial charge in [-0.1, -0.05) is 38.5 Å². The van der Waals surface area contributed by atoms with E-state index in [1.54, 1.807) is 24.3 Å². The van der Waals surface area contributed by atoms with E-state index in [0.29, 0.717) is 17.3 Å². The first kappa shape index (κ1) is 16.7. The Morgan fingerprint density at radius 1 is 1.30 bits per heavy atom. The molecule has 2 atom stereocenters. The van der Waals surface area contributed by atoms with Crippen molar-refractivity contribution >= 4 is 22.8 Å². The molecule has 2 aromatic rings. The zero-order chi connectivity index (χ0) is 17.0. The lowest BCUT2D eigenvalue weighted by atomic mass is 9.98. The number of fused-ring (bicyclic) bond motifs is 1. The molecule has 2 rings (SSSR count). The number of benzene rings is 1. The fourth-order valence-electron chi connectivity index (χ4n) is 2.41. The summed E-state index contributed by atoms with van der Waals surface area (Å²) in [6, 6.07) is 7.51. The highest BCUT2D eigenvalue weighted by Gasteiger charge is 2.27. The van der Waals surface area contributed by atoms with Crippen LogP contribution in [0.25, 0.3) is 10.9 Å². The van der Waals surface area contributed by atoms with Gasteiger partial charge in [0.25, 0.3) is 5.91 Å². The summed E-state index contributed by atoms with van der Waals surface area (Å²) in [5, 5.41) is 3.31. The van der Waals surface area contributed by atoms with Crippen LogP contribution < -0.4 is 10.9 Å². The first-order valence-electron chi connectivity index (χ1n) is 7.48. The quantitative estimate of drug-likeness (QED) is 0.824. The van der Waals surface area contributed by atoms with Gasteiger partial charge >= 0.3 is 5.97 Å². The van der Waals surface area contributed by atoms with E-state index < -0.39 is 17.9 Å². The third-order valence-electron chi connectivity index (χ3n) is 3.95. The second-order valence-corrected chi connectivity index (χ2v) is 5.45. The normalized spacial score (nSPS) is 13.3. The number of pyridine rings is 1. The van der Waals surface area contributed by atoms with Crippen molar-refractivity contribution in [3.63, 3.8) is 0 Å². The minimum absolute atomic E-state index is 0.0836. The molecule has 122 valence electrons. The van der Waals surface area contributed by atoms with Crippen molar-refractivity contribution in [1.82, 2.24) is 10.3 Å². The van der Waals surface area contributed by atoms with Crippen molar-refractivity contribution in [2.45, 2.75) is 26.3 Å². The van der Waals surface area contributed by atoms with Crippen molar-refractivity contribution < 1.29 is 14.3 Å². The summed E-state index contributed by atoms with van der Waals surface area (Å²) in [5.41, 5.74) is 0.442. The van der Waals surface area contributed by atoms with Gasteiger partial charge in [0.05, 0.1) is 12.7 Å². The average Bonchev–Trinajstić information content (AvgIpc) is 2.57. The van der Waals surface area contributed by atoms with Crippen LogP contribution in [0.15, 0.2) is 35.1 Å². The average molecular weight is 316 g/mol. The molecule has 6 heteroatoms. The third-order valence-corrected chi connectivity index (χ3v) is 3.95. The molecular formula is C17H20N2O4. The molecule has 0 unspecified atom stereocenters. The number of H-pyrrole nitrogens is 1. The number of aromatic amines is 1. The fourth-order valence-corrected chi connectivity index (χ4v) is 2.41. The summed E-state index contributed by atoms with van der Waals surface area (Å²) in [6.07, 6.45) is 0.705. The number of carbonyl (C=O) groups is 2. The second-order valence-electron chi connectivity index (χ2n) is 5.45. The lowest BCUT2D eigenvalue weighted by molar-refractivity contribution is -0.144. The number of rotatable bonds is 5. The number of nitrogens with one attached hydrogen (secondary N) is 2. The number of hydrogen-bond acceptors (Lipinski definition) is 4. The SMILES string of the molecule is CC[C@H](C)[C@@H](NC(=O)c1cc(=O)[nH]c2ccccc12)C(=O)OC. The van der Waals surface area contributed by atoms with Gasteiger partial charge in [-0.15, -0.1) is 0 Å². The number of para-hydroxylation sites is 1. The minimum Gasteiger partial charge on any atom is -0.467 e. The topological polar surface area (TPSA) is 88.3 Å². The Kier molecular flexibility index (Phi) is 5.16. The van der Waals surface area contributed by atoms with Crippen LogP contribution in [0.1, 0.15) is 30.6 Å². The molecule has 2 N–H and O–H groups in total. The number of carbonyl (C=O) groups excluding carboxylic acids is 2. The number of amides is 1. The van der Waals surface area contributed by atoms with Gasteiger partial charge in [0.1, 0.15) is 6.04 Å². The highest BCUT2D eigenvalue weighted by atomic mass is 16.5. The molecule has 0 spiro atoms. The van der Waals surface area contributed by atoms with Crippen LogP contribution >= 0.6 is 0 Å². The van der Waals surface area contributed by atoms with E-state index in [9.17, 15) is 14.4 Å². The van der Waals surface area contributed by atoms with Gasteiger partial charge in [0, 0.05) is 17.0 Å². The summed E-state index contributed by atoms with van der Waals surface area (Å²) < 4.78 is 4.76. The van der Waals surface area contributed by atoms with Crippen LogP contribution in [0.4, 0.5) is 0 Å². The van der Waals surface area contributed by atoms with E-state index in [1.807, 2.05) is 13.8 Å². The van der Waals surface area contributed by atoms with Crippen molar-refractivity contribution in [3.05, 3.63) is 46.2 Å². The molecule has 1 aromatic carbocycles. The van der Waals surface area contributed by atoms with Crippen LogP contribution in [0, 0.1) is 5.92 Å². The van der Waals surface area contributed by atoms with E-state index >= 15 is 0 Å². The van der Waals surface area contributed by atoms with Gasteiger partial charge in [-0.2, -0.15) is 0 Å². The Morgan fingerprint density at radius 3 is 2.65 bits per heavy atom. The van der Waals surface area contributed by atoms with Crippen molar-refractivity contribution in [2.75, 3.05) is 7.11 Å². The van der Waals surface area contributed by atoms with E-state index in [4.69, 9.17) is 4.74 Å². The number of ether oxygens (including phenoxy) is 1. The molecule has 0 saturated heterocycles. The molecule has 0 aliphatic carbocycles. The van der Waals surface area contributed by atoms with Crippen molar-refractivity contribution in [3.8, 4) is 0 Å². The molecule has 0 saturated carbocycles. The zero-order valence-corrected chi connectivity index (χ0v) is 13.4. The van der Waals surface area contributed by atoms with E-state index in [1.165, 1.54) is 13.2 Å². The van der Waals surface area contributed by atoms with E-state index in [0.717, 1.165) is 0 Å². The van der Waals surface area contributed by atoms with Gasteiger partial charge in [-0.05, 0) is 12.0 Å². The van der Waals surface area contributed by atoms with Crippen LogP contribution in [0.2, 0.25) is 0 Å². The smallest absolute Gasteiger partial charge is 0.328 e. The predicted molar refractivity (Wildman–Crippen MR) is 87.3 cm³/mol. The van der Waals surface area contributed by atoms with Crippen LogP contribution in [0.5, 0.6) is 0 Å². The Bertz CT molecular complexity index is 782. The Balaban J connectivity index is 2.40. The fraction of sp³-hybridized carbons (Fsp3) is 0.353. The highest BCUT2D eigenvalue weighted by Crippen LogP contribution is 2.16. The predicted octanol–water partition coefficient (Wildman–Crippen LogP) is 1.85. The number of esters is 1. The molecule has 1 heterocycles. The summed E-state index contributed by atoms with van der Waals surface area (Å²) in [4.78, 5) is 38.9. The first-order valence-corrected chi connectivity index (χ1v) is 7.48. The molecule has 0 aliphatic rings. The largest absolute Gasteiger partial charge is 0.467 e. The second kappa shape index (κ2) is 7.09. The van der Waals surface area contributed by atoms with Gasteiger partial charge in [-0.3, -0.25) is 9.59 Å². The molecule has 23 heavy (non-hydrogen) atoms. The summed E-state index contributed by atoms with van der Waals surface area (Å²) in [6.45, 7) is 3.78. The van der Waals surface area contributed by atoms with Crippen LogP contribution in [-0.2, 0) is 9.53 Å². The standard InChI is InChI=1S/C17H20N2O4/c1-4-10(2)15(17(22)23-3)19-16(21)12-9-14(20)18-13-8-6-5-7-11(12)13/h5-10,15H,4H2,1-3H3,(H,18,20)(H,19,21)/t10-,15+/m0/s1. The van der Waals surface area contributed by atoms with Crippen LogP contribution in [-0.4, -0.2) is 30.0 Å². The molecule has 0 bridgehead atoms. The molecule has 0 fully saturated rings. The van der Waals surface area contributed by atoms with Crippen molar-refractivity contribution in [1.29, 1.82) is 0 Å². The summed E-state index contributed by atoms with van der Waals surface area (Å²) >= 11 is 0. The molecule has 0 radical (unpaired) electrons. The van der Waals surface area contributed by atoms with E-state index in [2.05, 4.69) is 10.3 Å². The first-order chi connectivity index (χ1) is 11.0. The molecule has 6 nitrogen and oxygen atoms in total. The Morgan fingerprint density at radius 2 is 2.00 bits per heavy atom. The van der Waals surface area contributed by atoms with Crippen molar-refractivity contribution in [2.24, 2.45) is 5.92 Å². The minimum atomic E-state index is -0.754. The summed E-state index contributed by atoms with van der Waals surface area (Å²) in [5.74, 6) is -1.05. The maximum atomic E-state index is 12.6. The lowest BCUT2D eigenvalue weighted by Gasteiger charge is -2.22. The number of methoxy groups -OCH3 is 1. The monoisotopic (exact) mass is 316 g/mol. The number of hydrogen-bond donors (Lipinski definition) is 2. The third kappa shape index (κ3) is 3.59. The molecule has 0 aliphatic heterocycles. The maximum absolute atomic E-state index is 12.6. The van der Waals surface area contributed by atoms with Gasteiger partial charge in [0.2, 0.25) is 5.56 Å². The zero-order valence-electron chi connectivity index (χ0n) is 13.4. The molecule has 1 amide bonds. The Hall–Kier alpha value is -2.63. The lowest BCUT2D eigenvalue weighted by Crippen LogP contribution is -2.45. The van der Waals surface area contributed by atoms with Gasteiger partial charge < -0.3 is 15.0 Å². The van der Waals surface area contributed by atoms with E-state index in [-0.39, 0.29) is 17.0 Å². The summed E-state index contributed by atoms with van der Waals surface area (Å²) in [7, 11) is 1.28. The van der Waals surface area contributed by atoms with Crippen LogP contribution in [0.3, 0.4) is 0 Å². The Labute approximate surface area is 133 Å². The molecular weight excluding hydrogens is 296 g/mol. The number of aromatic nitrogens is 1. The van der Waals surface area contributed by atoms with Gasteiger partial charge in [-0.25, -0.2) is 4.79 Å². The maximum Gasteiger partial charge on any atom is 0.328 e. The highest BCUT2D eigenvalue weighted by molar-refractivity contribution is 6.07. The molecule has 1 aromatic heterocycles. The van der Waals surface area contributed by atoms with Gasteiger partial charge in [0.15, 0.2) is 0 Å².